The van der Waals surface area contributed by atoms with Gasteiger partial charge in [0, 0.05) is 23.7 Å². The van der Waals surface area contributed by atoms with Crippen molar-refractivity contribution >= 4 is 6.03 Å². The van der Waals surface area contributed by atoms with Gasteiger partial charge in [0.1, 0.15) is 11.6 Å². The fraction of sp³-hybridized carbons (Fsp3) is 0.444. The maximum atomic E-state index is 13.9. The molecule has 1 saturated carbocycles. The Morgan fingerprint density at radius 3 is 2.71 bits per heavy atom. The first-order valence-electron chi connectivity index (χ1n) is 8.26. The summed E-state index contributed by atoms with van der Waals surface area (Å²) in [5, 5.41) is 6.81. The molecule has 0 spiro atoms. The van der Waals surface area contributed by atoms with Gasteiger partial charge in [-0.05, 0) is 39.2 Å². The molecule has 1 aromatic carbocycles. The van der Waals surface area contributed by atoms with Crippen LogP contribution in [-0.2, 0) is 13.1 Å². The van der Waals surface area contributed by atoms with Crippen LogP contribution in [-0.4, -0.2) is 22.1 Å². The average Bonchev–Trinajstić information content (AvgIpc) is 2.83. The minimum atomic E-state index is -0.277. The molecule has 1 aromatic heterocycles. The second kappa shape index (κ2) is 7.03. The number of rotatable bonds is 5. The fourth-order valence-electron chi connectivity index (χ4n) is 2.90. The van der Waals surface area contributed by atoms with E-state index in [0.29, 0.717) is 17.9 Å². The number of nitrogens with zero attached hydrogens (tertiary/aromatic N) is 2. The molecule has 1 N–H and O–H groups in total. The summed E-state index contributed by atoms with van der Waals surface area (Å²) < 4.78 is 19.0. The molecule has 0 atom stereocenters. The van der Waals surface area contributed by atoms with Gasteiger partial charge in [0.25, 0.3) is 0 Å². The Kier molecular flexibility index (Phi) is 4.83. The lowest BCUT2D eigenvalue weighted by Crippen LogP contribution is -2.48. The van der Waals surface area contributed by atoms with Crippen LogP contribution < -0.4 is 5.32 Å². The number of amides is 2. The number of hydrogen-bond donors (Lipinski definition) is 1. The highest BCUT2D eigenvalue weighted by Crippen LogP contribution is 2.27. The molecule has 0 aliphatic heterocycles. The minimum Gasteiger partial charge on any atom is -0.361 e. The van der Waals surface area contributed by atoms with Crippen LogP contribution in [0.5, 0.6) is 0 Å². The molecule has 2 aromatic rings. The number of urea groups is 1. The zero-order chi connectivity index (χ0) is 17.1. The van der Waals surface area contributed by atoms with Crippen molar-refractivity contribution in [2.75, 3.05) is 0 Å². The van der Waals surface area contributed by atoms with Gasteiger partial charge in [-0.1, -0.05) is 23.4 Å². The fourth-order valence-corrected chi connectivity index (χ4v) is 2.90. The van der Waals surface area contributed by atoms with Crippen LogP contribution in [0.3, 0.4) is 0 Å². The first-order chi connectivity index (χ1) is 11.6. The Hall–Kier alpha value is -2.37. The van der Waals surface area contributed by atoms with Gasteiger partial charge in [0.15, 0.2) is 0 Å². The quantitative estimate of drug-likeness (QED) is 0.909. The second-order valence-electron chi connectivity index (χ2n) is 6.27. The van der Waals surface area contributed by atoms with Crippen LogP contribution in [0, 0.1) is 19.7 Å². The lowest BCUT2D eigenvalue weighted by molar-refractivity contribution is 0.132. The van der Waals surface area contributed by atoms with Crippen molar-refractivity contribution in [3.05, 3.63) is 52.7 Å². The van der Waals surface area contributed by atoms with E-state index >= 15 is 0 Å². The summed E-state index contributed by atoms with van der Waals surface area (Å²) in [4.78, 5) is 14.4. The zero-order valence-electron chi connectivity index (χ0n) is 14.0. The summed E-state index contributed by atoms with van der Waals surface area (Å²) in [5.41, 5.74) is 2.21. The zero-order valence-corrected chi connectivity index (χ0v) is 14.0. The minimum absolute atomic E-state index is 0.175. The van der Waals surface area contributed by atoms with Gasteiger partial charge < -0.3 is 14.7 Å². The number of aryl methyl sites for hydroxylation is 2. The highest BCUT2D eigenvalue weighted by Gasteiger charge is 2.29. The van der Waals surface area contributed by atoms with Gasteiger partial charge in [0.2, 0.25) is 0 Å². The predicted octanol–water partition coefficient (Wildman–Crippen LogP) is 3.69. The summed E-state index contributed by atoms with van der Waals surface area (Å²) in [6.45, 7) is 4.32. The van der Waals surface area contributed by atoms with Crippen molar-refractivity contribution in [1.29, 1.82) is 0 Å². The van der Waals surface area contributed by atoms with Crippen LogP contribution >= 0.6 is 0 Å². The molecule has 0 saturated heterocycles. The van der Waals surface area contributed by atoms with E-state index in [0.717, 1.165) is 30.5 Å². The monoisotopic (exact) mass is 331 g/mol. The standard InChI is InChI=1S/C18H22FN3O2/c1-12-16(13(2)24-21-12)10-20-18(23)22(15-7-5-8-15)11-14-6-3-4-9-17(14)19/h3-4,6,9,15H,5,7-8,10-11H2,1-2H3,(H,20,23). The average molecular weight is 331 g/mol. The van der Waals surface area contributed by atoms with Crippen LogP contribution in [0.4, 0.5) is 9.18 Å². The molecule has 3 rings (SSSR count). The van der Waals surface area contributed by atoms with Crippen molar-refractivity contribution in [2.45, 2.75) is 52.2 Å². The highest BCUT2D eigenvalue weighted by molar-refractivity contribution is 5.74. The molecule has 0 radical (unpaired) electrons. The second-order valence-corrected chi connectivity index (χ2v) is 6.27. The maximum Gasteiger partial charge on any atom is 0.318 e. The third-order valence-corrected chi connectivity index (χ3v) is 4.67. The van der Waals surface area contributed by atoms with E-state index in [1.54, 1.807) is 23.1 Å². The van der Waals surface area contributed by atoms with Crippen molar-refractivity contribution in [3.8, 4) is 0 Å². The molecule has 24 heavy (non-hydrogen) atoms. The van der Waals surface area contributed by atoms with E-state index in [1.807, 2.05) is 13.8 Å². The van der Waals surface area contributed by atoms with Crippen molar-refractivity contribution in [3.63, 3.8) is 0 Å². The third kappa shape index (κ3) is 3.42. The third-order valence-electron chi connectivity index (χ3n) is 4.67. The van der Waals surface area contributed by atoms with E-state index in [4.69, 9.17) is 4.52 Å². The Balaban J connectivity index is 1.69. The predicted molar refractivity (Wildman–Crippen MR) is 87.8 cm³/mol. The lowest BCUT2D eigenvalue weighted by Gasteiger charge is -2.37. The first kappa shape index (κ1) is 16.5. The summed E-state index contributed by atoms with van der Waals surface area (Å²) in [5.74, 6) is 0.428. The Labute approximate surface area is 140 Å². The maximum absolute atomic E-state index is 13.9. The van der Waals surface area contributed by atoms with Crippen molar-refractivity contribution in [1.82, 2.24) is 15.4 Å². The van der Waals surface area contributed by atoms with Gasteiger partial charge in [-0.2, -0.15) is 0 Å². The number of nitrogens with one attached hydrogen (secondary N) is 1. The van der Waals surface area contributed by atoms with E-state index < -0.39 is 0 Å². The van der Waals surface area contributed by atoms with Gasteiger partial charge >= 0.3 is 6.03 Å². The Morgan fingerprint density at radius 2 is 2.12 bits per heavy atom. The van der Waals surface area contributed by atoms with Crippen molar-refractivity contribution < 1.29 is 13.7 Å². The van der Waals surface area contributed by atoms with E-state index in [9.17, 15) is 9.18 Å². The Morgan fingerprint density at radius 1 is 1.38 bits per heavy atom. The topological polar surface area (TPSA) is 58.4 Å². The van der Waals surface area contributed by atoms with Gasteiger partial charge in [0.05, 0.1) is 12.2 Å². The molecule has 1 aliphatic carbocycles. The molecule has 6 heteroatoms. The molecule has 1 fully saturated rings. The summed E-state index contributed by atoms with van der Waals surface area (Å²) in [7, 11) is 0. The van der Waals surface area contributed by atoms with Gasteiger partial charge in [-0.15, -0.1) is 0 Å². The molecule has 5 nitrogen and oxygen atoms in total. The number of hydrogen-bond acceptors (Lipinski definition) is 3. The van der Waals surface area contributed by atoms with Crippen molar-refractivity contribution in [2.24, 2.45) is 0 Å². The first-order valence-corrected chi connectivity index (χ1v) is 8.26. The van der Waals surface area contributed by atoms with Gasteiger partial charge in [-0.25, -0.2) is 9.18 Å². The molecular weight excluding hydrogens is 309 g/mol. The van der Waals surface area contributed by atoms with Crippen LogP contribution in [0.15, 0.2) is 28.8 Å². The van der Waals surface area contributed by atoms with E-state index in [-0.39, 0.29) is 24.4 Å². The molecule has 1 aliphatic rings. The summed E-state index contributed by atoms with van der Waals surface area (Å²) in [6, 6.07) is 6.60. The number of carbonyl (C=O) groups excluding carboxylic acids is 1. The van der Waals surface area contributed by atoms with Crippen LogP contribution in [0.25, 0.3) is 0 Å². The van der Waals surface area contributed by atoms with E-state index in [2.05, 4.69) is 10.5 Å². The number of carbonyl (C=O) groups is 1. The SMILES string of the molecule is Cc1noc(C)c1CNC(=O)N(Cc1ccccc1F)C1CCC1. The molecule has 128 valence electrons. The molecule has 0 unspecified atom stereocenters. The lowest BCUT2D eigenvalue weighted by atomic mass is 9.91. The molecule has 1 heterocycles. The highest BCUT2D eigenvalue weighted by atomic mass is 19.1. The van der Waals surface area contributed by atoms with E-state index in [1.165, 1.54) is 6.07 Å². The number of aromatic nitrogens is 1. The summed E-state index contributed by atoms with van der Waals surface area (Å²) in [6.07, 6.45) is 3.04. The van der Waals surface area contributed by atoms with Crippen LogP contribution in [0.2, 0.25) is 0 Å². The largest absolute Gasteiger partial charge is 0.361 e. The summed E-state index contributed by atoms with van der Waals surface area (Å²) >= 11 is 0. The van der Waals surface area contributed by atoms with Gasteiger partial charge in [-0.3, -0.25) is 0 Å². The molecule has 0 bridgehead atoms. The Bertz CT molecular complexity index is 705. The smallest absolute Gasteiger partial charge is 0.318 e. The normalized spacial score (nSPS) is 14.3. The molecular formula is C18H22FN3O2. The molecule has 2 amide bonds. The number of benzene rings is 1. The van der Waals surface area contributed by atoms with Crippen LogP contribution in [0.1, 0.15) is 41.8 Å². The number of halogens is 1.